The molecule has 1 atom stereocenters. The minimum Gasteiger partial charge on any atom is -0.396 e. The molecule has 0 bridgehead atoms. The van der Waals surface area contributed by atoms with Crippen molar-refractivity contribution in [2.75, 3.05) is 17.8 Å². The average molecular weight is 201 g/mol. The summed E-state index contributed by atoms with van der Waals surface area (Å²) in [7, 11) is 0. The highest BCUT2D eigenvalue weighted by atomic mass is 79.9. The Hall–Kier alpha value is 0.730. The average Bonchev–Trinajstić information content (AvgIpc) is 1.87. The van der Waals surface area contributed by atoms with Crippen LogP contribution in [-0.4, -0.2) is 22.9 Å². The van der Waals surface area contributed by atoms with Gasteiger partial charge >= 0.3 is 0 Å². The number of hydrogen-bond donors (Lipinski definition) is 1. The van der Waals surface area contributed by atoms with Crippen molar-refractivity contribution < 1.29 is 5.11 Å². The molecule has 0 aliphatic carbocycles. The third-order valence-corrected chi connectivity index (χ3v) is 3.03. The summed E-state index contributed by atoms with van der Waals surface area (Å²) in [4.78, 5) is 0. The van der Waals surface area contributed by atoms with Gasteiger partial charge in [0.1, 0.15) is 0 Å². The van der Waals surface area contributed by atoms with Gasteiger partial charge in [0.05, 0.1) is 6.61 Å². The summed E-state index contributed by atoms with van der Waals surface area (Å²) in [5.41, 5.74) is -0.137. The van der Waals surface area contributed by atoms with Gasteiger partial charge in [-0.1, -0.05) is 22.9 Å². The van der Waals surface area contributed by atoms with Gasteiger partial charge in [0.15, 0.2) is 0 Å². The Morgan fingerprint density at radius 3 is 2.25 bits per heavy atom. The second-order valence-electron chi connectivity index (χ2n) is 2.24. The fourth-order valence-electron chi connectivity index (χ4n) is 0.120. The largest absolute Gasteiger partial charge is 0.396 e. The predicted octanol–water partition coefficient (Wildman–Crippen LogP) is 1.62. The highest BCUT2D eigenvalue weighted by Crippen LogP contribution is 2.19. The van der Waals surface area contributed by atoms with E-state index in [0.29, 0.717) is 5.88 Å². The van der Waals surface area contributed by atoms with Crippen molar-refractivity contribution in [1.82, 2.24) is 0 Å². The van der Waals surface area contributed by atoms with E-state index in [1.807, 2.05) is 6.92 Å². The van der Waals surface area contributed by atoms with E-state index >= 15 is 0 Å². The van der Waals surface area contributed by atoms with E-state index in [2.05, 4.69) is 15.9 Å². The molecule has 0 saturated carbocycles. The quantitative estimate of drug-likeness (QED) is 0.688. The van der Waals surface area contributed by atoms with Crippen LogP contribution in [0, 0.1) is 5.41 Å². The summed E-state index contributed by atoms with van der Waals surface area (Å²) in [6, 6.07) is 0. The van der Waals surface area contributed by atoms with Gasteiger partial charge in [-0.2, -0.15) is 0 Å². The first-order valence-electron chi connectivity index (χ1n) is 2.41. The topological polar surface area (TPSA) is 20.2 Å². The number of rotatable bonds is 3. The van der Waals surface area contributed by atoms with Crippen LogP contribution in [0.4, 0.5) is 0 Å². The van der Waals surface area contributed by atoms with Crippen molar-refractivity contribution in [2.45, 2.75) is 6.92 Å². The lowest BCUT2D eigenvalue weighted by Gasteiger charge is -2.19. The minimum atomic E-state index is -0.137. The van der Waals surface area contributed by atoms with Crippen molar-refractivity contribution in [1.29, 1.82) is 0 Å². The molecule has 0 spiro atoms. The standard InChI is InChI=1S/C5H10BrClO/c1-5(2-6,3-7)4-8/h8H,2-4H2,1H3/t5-/m1/s1. The van der Waals surface area contributed by atoms with Crippen LogP contribution in [0.25, 0.3) is 0 Å². The Kier molecular flexibility index (Phi) is 4.04. The Morgan fingerprint density at radius 1 is 1.75 bits per heavy atom. The molecule has 0 saturated heterocycles. The highest BCUT2D eigenvalue weighted by Gasteiger charge is 2.19. The zero-order chi connectivity index (χ0) is 6.62. The Bertz CT molecular complexity index is 55.2. The molecule has 0 heterocycles. The van der Waals surface area contributed by atoms with E-state index in [9.17, 15) is 0 Å². The molecule has 0 amide bonds. The van der Waals surface area contributed by atoms with Crippen LogP contribution < -0.4 is 0 Å². The molecule has 0 aliphatic rings. The van der Waals surface area contributed by atoms with Crippen LogP contribution in [0.1, 0.15) is 6.92 Å². The van der Waals surface area contributed by atoms with Gasteiger partial charge in [0, 0.05) is 16.6 Å². The summed E-state index contributed by atoms with van der Waals surface area (Å²) in [6.45, 7) is 2.07. The lowest BCUT2D eigenvalue weighted by molar-refractivity contribution is 0.184. The molecule has 0 aromatic rings. The van der Waals surface area contributed by atoms with Gasteiger partial charge in [-0.05, 0) is 0 Å². The molecule has 0 unspecified atom stereocenters. The maximum atomic E-state index is 8.67. The number of alkyl halides is 2. The zero-order valence-corrected chi connectivity index (χ0v) is 7.17. The van der Waals surface area contributed by atoms with Gasteiger partial charge in [-0.15, -0.1) is 11.6 Å². The molecule has 0 aromatic heterocycles. The van der Waals surface area contributed by atoms with Gasteiger partial charge in [0.25, 0.3) is 0 Å². The van der Waals surface area contributed by atoms with E-state index in [4.69, 9.17) is 16.7 Å². The van der Waals surface area contributed by atoms with Crippen LogP contribution in [0.15, 0.2) is 0 Å². The molecular formula is C5H10BrClO. The maximum absolute atomic E-state index is 8.67. The molecule has 0 fully saturated rings. The lowest BCUT2D eigenvalue weighted by Crippen LogP contribution is -2.24. The first-order valence-corrected chi connectivity index (χ1v) is 4.07. The summed E-state index contributed by atoms with van der Waals surface area (Å²) in [6.07, 6.45) is 0. The SMILES string of the molecule is C[C@](CO)(CCl)CBr. The number of aliphatic hydroxyl groups excluding tert-OH is 1. The molecule has 0 aromatic carbocycles. The summed E-state index contributed by atoms with van der Waals surface area (Å²) in [5.74, 6) is 0.495. The van der Waals surface area contributed by atoms with E-state index in [1.165, 1.54) is 0 Å². The van der Waals surface area contributed by atoms with Gasteiger partial charge in [-0.3, -0.25) is 0 Å². The second-order valence-corrected chi connectivity index (χ2v) is 3.06. The second kappa shape index (κ2) is 3.70. The fraction of sp³-hybridized carbons (Fsp3) is 1.00. The van der Waals surface area contributed by atoms with Gasteiger partial charge in [0.2, 0.25) is 0 Å². The van der Waals surface area contributed by atoms with Crippen molar-refractivity contribution in [3.8, 4) is 0 Å². The number of aliphatic hydroxyl groups is 1. The van der Waals surface area contributed by atoms with Gasteiger partial charge in [-0.25, -0.2) is 0 Å². The van der Waals surface area contributed by atoms with Crippen molar-refractivity contribution in [3.05, 3.63) is 0 Å². The third kappa shape index (κ3) is 2.33. The summed E-state index contributed by atoms with van der Waals surface area (Å²) in [5, 5.41) is 9.42. The van der Waals surface area contributed by atoms with E-state index < -0.39 is 0 Å². The maximum Gasteiger partial charge on any atom is 0.0504 e. The summed E-state index contributed by atoms with van der Waals surface area (Å²) < 4.78 is 0. The van der Waals surface area contributed by atoms with Crippen molar-refractivity contribution >= 4 is 27.5 Å². The van der Waals surface area contributed by atoms with Gasteiger partial charge < -0.3 is 5.11 Å². The molecule has 0 radical (unpaired) electrons. The zero-order valence-electron chi connectivity index (χ0n) is 4.82. The Morgan fingerprint density at radius 2 is 2.25 bits per heavy atom. The molecule has 8 heavy (non-hydrogen) atoms. The van der Waals surface area contributed by atoms with E-state index in [0.717, 1.165) is 5.33 Å². The molecular weight excluding hydrogens is 191 g/mol. The highest BCUT2D eigenvalue weighted by molar-refractivity contribution is 9.09. The lowest BCUT2D eigenvalue weighted by atomic mass is 9.98. The van der Waals surface area contributed by atoms with Crippen molar-refractivity contribution in [3.63, 3.8) is 0 Å². The molecule has 50 valence electrons. The monoisotopic (exact) mass is 200 g/mol. The summed E-state index contributed by atoms with van der Waals surface area (Å²) >= 11 is 8.77. The van der Waals surface area contributed by atoms with E-state index in [1.54, 1.807) is 0 Å². The van der Waals surface area contributed by atoms with Crippen LogP contribution in [0.2, 0.25) is 0 Å². The smallest absolute Gasteiger partial charge is 0.0504 e. The van der Waals surface area contributed by atoms with E-state index in [-0.39, 0.29) is 12.0 Å². The Labute approximate surface area is 63.2 Å². The van der Waals surface area contributed by atoms with Crippen molar-refractivity contribution in [2.24, 2.45) is 5.41 Å². The van der Waals surface area contributed by atoms with Crippen LogP contribution in [0.3, 0.4) is 0 Å². The Balaban J connectivity index is 3.58. The minimum absolute atomic E-state index is 0.137. The molecule has 1 nitrogen and oxygen atoms in total. The predicted molar refractivity (Wildman–Crippen MR) is 39.7 cm³/mol. The number of hydrogen-bond acceptors (Lipinski definition) is 1. The first-order chi connectivity index (χ1) is 3.68. The fourth-order valence-corrected chi connectivity index (χ4v) is 0.903. The normalized spacial score (nSPS) is 18.0. The molecule has 1 N–H and O–H groups in total. The molecule has 0 aliphatic heterocycles. The molecule has 0 rings (SSSR count). The third-order valence-electron chi connectivity index (χ3n) is 1.03. The molecule has 3 heteroatoms. The first kappa shape index (κ1) is 8.73. The van der Waals surface area contributed by atoms with Crippen LogP contribution in [-0.2, 0) is 0 Å². The van der Waals surface area contributed by atoms with Crippen LogP contribution in [0.5, 0.6) is 0 Å². The number of halogens is 2. The van der Waals surface area contributed by atoms with Crippen LogP contribution >= 0.6 is 27.5 Å².